The number of methoxy groups -OCH3 is 1. The second kappa shape index (κ2) is 10.5. The molecule has 6 N–H and O–H groups in total. The van der Waals surface area contributed by atoms with Crippen molar-refractivity contribution in [3.63, 3.8) is 0 Å². The number of amides is 1. The summed E-state index contributed by atoms with van der Waals surface area (Å²) in [6, 6.07) is 8.64. The van der Waals surface area contributed by atoms with Crippen LogP contribution in [0, 0.1) is 6.92 Å². The lowest BCUT2D eigenvalue weighted by Gasteiger charge is -2.16. The number of allylic oxidation sites excluding steroid dienone is 2. The van der Waals surface area contributed by atoms with E-state index in [4.69, 9.17) is 27.8 Å². The van der Waals surface area contributed by atoms with Crippen LogP contribution in [0.15, 0.2) is 47.9 Å². The number of carbonyl (C=O) groups is 2. The van der Waals surface area contributed by atoms with Gasteiger partial charge in [0.2, 0.25) is 0 Å². The van der Waals surface area contributed by atoms with Crippen LogP contribution in [0.3, 0.4) is 0 Å². The maximum absolute atomic E-state index is 12.6. The molecule has 1 aromatic heterocycles. The Kier molecular flexibility index (Phi) is 7.71. The molecule has 1 heterocycles. The molecule has 0 saturated carbocycles. The molecule has 0 saturated heterocycles. The molecule has 35 heavy (non-hydrogen) atoms. The lowest BCUT2D eigenvalue weighted by atomic mass is 10.0. The van der Waals surface area contributed by atoms with Crippen molar-refractivity contribution in [1.82, 2.24) is 15.1 Å². The Hall–Kier alpha value is -3.98. The summed E-state index contributed by atoms with van der Waals surface area (Å²) in [6.07, 6.45) is 2.34. The van der Waals surface area contributed by atoms with Crippen molar-refractivity contribution in [3.05, 3.63) is 69.6 Å². The second-order valence-electron chi connectivity index (χ2n) is 8.37. The van der Waals surface area contributed by atoms with Gasteiger partial charge < -0.3 is 26.8 Å². The first kappa shape index (κ1) is 25.6. The maximum Gasteiger partial charge on any atom is 0.259 e. The molecule has 0 radical (unpaired) electrons. The van der Waals surface area contributed by atoms with Crippen LogP contribution in [0.2, 0.25) is 5.02 Å². The van der Waals surface area contributed by atoms with Gasteiger partial charge in [0, 0.05) is 29.2 Å². The van der Waals surface area contributed by atoms with Gasteiger partial charge in [0.1, 0.15) is 11.4 Å². The Balaban J connectivity index is 1.92. The highest BCUT2D eigenvalue weighted by Gasteiger charge is 2.18. The quantitative estimate of drug-likeness (QED) is 0.206. The Morgan fingerprint density at radius 1 is 1.26 bits per heavy atom. The Labute approximate surface area is 209 Å². The SMILES string of the molecule is COc1cc(-n2cc(C)c(Nc3ccc(N)c(C(C)C)c3Cl)n2)ccc1C(=O)N/C(C=O)=C(\C)N. The lowest BCUT2D eigenvalue weighted by Crippen LogP contribution is -2.26. The van der Waals surface area contributed by atoms with Crippen LogP contribution < -0.4 is 26.8 Å². The average molecular weight is 497 g/mol. The van der Waals surface area contributed by atoms with Crippen LogP contribution in [0.1, 0.15) is 48.2 Å². The van der Waals surface area contributed by atoms with Gasteiger partial charge in [0.05, 0.1) is 29.1 Å². The Morgan fingerprint density at radius 2 is 1.97 bits per heavy atom. The summed E-state index contributed by atoms with van der Waals surface area (Å²) >= 11 is 6.62. The highest BCUT2D eigenvalue weighted by molar-refractivity contribution is 6.34. The molecule has 3 rings (SSSR count). The number of rotatable bonds is 8. The summed E-state index contributed by atoms with van der Waals surface area (Å²) in [5.74, 6) is 0.577. The molecule has 0 aliphatic heterocycles. The summed E-state index contributed by atoms with van der Waals surface area (Å²) < 4.78 is 7.08. The molecule has 10 heteroatoms. The zero-order valence-corrected chi connectivity index (χ0v) is 21.0. The minimum atomic E-state index is -0.516. The molecule has 0 fully saturated rings. The fourth-order valence-corrected chi connectivity index (χ4v) is 3.99. The number of ether oxygens (including phenoxy) is 1. The van der Waals surface area contributed by atoms with Crippen LogP contribution in [-0.2, 0) is 4.79 Å². The van der Waals surface area contributed by atoms with E-state index >= 15 is 0 Å². The third-order valence-corrected chi connectivity index (χ3v) is 5.83. The number of aldehydes is 1. The third kappa shape index (κ3) is 5.41. The molecule has 0 atom stereocenters. The smallest absolute Gasteiger partial charge is 0.259 e. The molecule has 0 bridgehead atoms. The van der Waals surface area contributed by atoms with Crippen LogP contribution in [0.5, 0.6) is 5.75 Å². The van der Waals surface area contributed by atoms with Crippen molar-refractivity contribution in [2.24, 2.45) is 5.73 Å². The maximum atomic E-state index is 12.6. The van der Waals surface area contributed by atoms with E-state index in [0.29, 0.717) is 39.9 Å². The highest BCUT2D eigenvalue weighted by Crippen LogP contribution is 2.37. The molecular weight excluding hydrogens is 468 g/mol. The van der Waals surface area contributed by atoms with Crippen molar-refractivity contribution in [3.8, 4) is 11.4 Å². The summed E-state index contributed by atoms with van der Waals surface area (Å²) in [5.41, 5.74) is 16.0. The van der Waals surface area contributed by atoms with Gasteiger partial charge in [-0.25, -0.2) is 4.68 Å². The fourth-order valence-electron chi connectivity index (χ4n) is 3.56. The van der Waals surface area contributed by atoms with Crippen molar-refractivity contribution in [1.29, 1.82) is 0 Å². The minimum Gasteiger partial charge on any atom is -0.496 e. The monoisotopic (exact) mass is 496 g/mol. The largest absolute Gasteiger partial charge is 0.496 e. The van der Waals surface area contributed by atoms with E-state index in [1.165, 1.54) is 14.0 Å². The average Bonchev–Trinajstić information content (AvgIpc) is 3.18. The lowest BCUT2D eigenvalue weighted by molar-refractivity contribution is -0.105. The normalized spacial score (nSPS) is 11.7. The first-order valence-electron chi connectivity index (χ1n) is 10.9. The first-order valence-corrected chi connectivity index (χ1v) is 11.3. The van der Waals surface area contributed by atoms with Crippen LogP contribution in [0.25, 0.3) is 5.69 Å². The summed E-state index contributed by atoms with van der Waals surface area (Å²) in [7, 11) is 1.46. The topological polar surface area (TPSA) is 137 Å². The summed E-state index contributed by atoms with van der Waals surface area (Å²) in [5, 5.41) is 11.0. The number of aryl methyl sites for hydroxylation is 1. The van der Waals surface area contributed by atoms with Gasteiger partial charge in [-0.1, -0.05) is 25.4 Å². The van der Waals surface area contributed by atoms with Crippen LogP contribution in [-0.4, -0.2) is 29.1 Å². The summed E-state index contributed by atoms with van der Waals surface area (Å²) in [6.45, 7) is 7.51. The van der Waals surface area contributed by atoms with Gasteiger partial charge in [-0.3, -0.25) is 9.59 Å². The van der Waals surface area contributed by atoms with Gasteiger partial charge in [0.15, 0.2) is 12.1 Å². The Bertz CT molecular complexity index is 1310. The number of nitrogens with two attached hydrogens (primary N) is 2. The number of nitrogen functional groups attached to an aromatic ring is 1. The molecule has 9 nitrogen and oxygen atoms in total. The number of anilines is 3. The second-order valence-corrected chi connectivity index (χ2v) is 8.75. The predicted octanol–water partition coefficient (Wildman–Crippen LogP) is 4.41. The number of hydrogen-bond donors (Lipinski definition) is 4. The van der Waals surface area contributed by atoms with E-state index < -0.39 is 5.91 Å². The molecule has 2 aromatic carbocycles. The molecule has 0 aliphatic carbocycles. The van der Waals surface area contributed by atoms with Gasteiger partial charge in [0.25, 0.3) is 5.91 Å². The standard InChI is InChI=1S/C25H29ClN6O3/c1-13(2)22-18(28)8-9-19(23(22)26)29-24-14(3)11-32(31-24)16-6-7-17(21(10-16)35-5)25(34)30-20(12-33)15(4)27/h6-13H,27-28H2,1-5H3,(H,29,31)(H,30,34)/b20-15+. The van der Waals surface area contributed by atoms with Crippen LogP contribution >= 0.6 is 11.6 Å². The molecule has 0 spiro atoms. The number of halogens is 1. The molecule has 1 amide bonds. The fraction of sp³-hybridized carbons (Fsp3) is 0.240. The molecule has 0 unspecified atom stereocenters. The van der Waals surface area contributed by atoms with E-state index in [0.717, 1.165) is 11.1 Å². The molecule has 3 aromatic rings. The van der Waals surface area contributed by atoms with E-state index in [2.05, 4.69) is 15.7 Å². The third-order valence-electron chi connectivity index (χ3n) is 5.43. The van der Waals surface area contributed by atoms with E-state index in [1.54, 1.807) is 22.9 Å². The molecule has 0 aliphatic rings. The molecular formula is C25H29ClN6O3. The van der Waals surface area contributed by atoms with Crippen molar-refractivity contribution < 1.29 is 14.3 Å². The number of nitrogens with zero attached hydrogens (tertiary/aromatic N) is 2. The van der Waals surface area contributed by atoms with Crippen molar-refractivity contribution in [2.45, 2.75) is 33.6 Å². The highest BCUT2D eigenvalue weighted by atomic mass is 35.5. The zero-order chi connectivity index (χ0) is 25.9. The van der Waals surface area contributed by atoms with Crippen molar-refractivity contribution in [2.75, 3.05) is 18.2 Å². The van der Waals surface area contributed by atoms with Gasteiger partial charge in [-0.15, -0.1) is 5.10 Å². The van der Waals surface area contributed by atoms with Gasteiger partial charge >= 0.3 is 0 Å². The van der Waals surface area contributed by atoms with Crippen molar-refractivity contribution >= 4 is 41.0 Å². The number of nitrogens with one attached hydrogen (secondary N) is 2. The minimum absolute atomic E-state index is 0.00139. The number of benzene rings is 2. The van der Waals surface area contributed by atoms with Crippen LogP contribution in [0.4, 0.5) is 17.2 Å². The summed E-state index contributed by atoms with van der Waals surface area (Å²) in [4.78, 5) is 23.8. The zero-order valence-electron chi connectivity index (χ0n) is 20.3. The van der Waals surface area contributed by atoms with E-state index in [9.17, 15) is 9.59 Å². The van der Waals surface area contributed by atoms with E-state index in [-0.39, 0.29) is 22.9 Å². The molecule has 184 valence electrons. The van der Waals surface area contributed by atoms with Gasteiger partial charge in [-0.2, -0.15) is 0 Å². The Morgan fingerprint density at radius 3 is 2.57 bits per heavy atom. The van der Waals surface area contributed by atoms with E-state index in [1.807, 2.05) is 39.1 Å². The number of carbonyl (C=O) groups excluding carboxylic acids is 2. The number of hydrogen-bond acceptors (Lipinski definition) is 7. The van der Waals surface area contributed by atoms with Gasteiger partial charge in [-0.05, 0) is 49.6 Å². The predicted molar refractivity (Wildman–Crippen MR) is 139 cm³/mol. The first-order chi connectivity index (χ1) is 16.6. The number of aromatic nitrogens is 2.